The Morgan fingerprint density at radius 3 is 2.70 bits per heavy atom. The average molecular weight is 316 g/mol. The standard InChI is InChI=1S/C18H28N4O/c1-3-14-11-19-13(2)20-18(14)21-15-10-17(23)22(12-15)16-8-6-4-5-7-9-16/h11,15-16H,3-10,12H2,1-2H3,(H,19,20,21)/t15-/m1/s1. The largest absolute Gasteiger partial charge is 0.365 e. The minimum Gasteiger partial charge on any atom is -0.365 e. The zero-order valence-electron chi connectivity index (χ0n) is 14.3. The fourth-order valence-electron chi connectivity index (χ4n) is 3.82. The number of likely N-dealkylation sites (tertiary alicyclic amines) is 1. The molecule has 126 valence electrons. The van der Waals surface area contributed by atoms with E-state index in [0.717, 1.165) is 30.2 Å². The maximum Gasteiger partial charge on any atom is 0.225 e. The van der Waals surface area contributed by atoms with E-state index in [-0.39, 0.29) is 6.04 Å². The van der Waals surface area contributed by atoms with Crippen LogP contribution in [0.2, 0.25) is 0 Å². The third-order valence-corrected chi connectivity index (χ3v) is 5.13. The Morgan fingerprint density at radius 1 is 1.26 bits per heavy atom. The van der Waals surface area contributed by atoms with Gasteiger partial charge in [0.15, 0.2) is 0 Å². The van der Waals surface area contributed by atoms with Crippen LogP contribution in [-0.2, 0) is 11.2 Å². The molecular formula is C18H28N4O. The fourth-order valence-corrected chi connectivity index (χ4v) is 3.82. The van der Waals surface area contributed by atoms with Gasteiger partial charge in [-0.2, -0.15) is 0 Å². The molecule has 2 heterocycles. The van der Waals surface area contributed by atoms with Crippen LogP contribution in [-0.4, -0.2) is 39.4 Å². The highest BCUT2D eigenvalue weighted by Crippen LogP contribution is 2.27. The van der Waals surface area contributed by atoms with E-state index in [2.05, 4.69) is 27.1 Å². The van der Waals surface area contributed by atoms with Gasteiger partial charge in [0.2, 0.25) is 5.91 Å². The summed E-state index contributed by atoms with van der Waals surface area (Å²) in [4.78, 5) is 23.4. The van der Waals surface area contributed by atoms with Gasteiger partial charge in [0.25, 0.3) is 0 Å². The van der Waals surface area contributed by atoms with Crippen LogP contribution in [0.25, 0.3) is 0 Å². The average Bonchev–Trinajstić information content (AvgIpc) is 2.75. The first-order valence-electron chi connectivity index (χ1n) is 9.06. The molecule has 1 atom stereocenters. The lowest BCUT2D eigenvalue weighted by atomic mass is 10.1. The first-order valence-corrected chi connectivity index (χ1v) is 9.06. The van der Waals surface area contributed by atoms with Crippen molar-refractivity contribution in [1.29, 1.82) is 0 Å². The van der Waals surface area contributed by atoms with E-state index in [9.17, 15) is 4.79 Å². The highest BCUT2D eigenvalue weighted by atomic mass is 16.2. The number of hydrogen-bond acceptors (Lipinski definition) is 4. The molecule has 1 amide bonds. The summed E-state index contributed by atoms with van der Waals surface area (Å²) in [6.45, 7) is 4.83. The zero-order valence-corrected chi connectivity index (χ0v) is 14.3. The predicted octanol–water partition coefficient (Wildman–Crippen LogP) is 3.08. The van der Waals surface area contributed by atoms with Gasteiger partial charge in [0.05, 0.1) is 6.04 Å². The number of aromatic nitrogens is 2. The van der Waals surface area contributed by atoms with E-state index in [1.54, 1.807) is 0 Å². The van der Waals surface area contributed by atoms with Crippen molar-refractivity contribution in [3.05, 3.63) is 17.6 Å². The molecule has 2 fully saturated rings. The fraction of sp³-hybridized carbons (Fsp3) is 0.722. The predicted molar refractivity (Wildman–Crippen MR) is 91.4 cm³/mol. The van der Waals surface area contributed by atoms with Gasteiger partial charge in [-0.3, -0.25) is 4.79 Å². The topological polar surface area (TPSA) is 58.1 Å². The molecule has 1 aliphatic heterocycles. The molecule has 0 unspecified atom stereocenters. The van der Waals surface area contributed by atoms with Crippen LogP contribution in [0.3, 0.4) is 0 Å². The number of hydrogen-bond donors (Lipinski definition) is 1. The Bertz CT molecular complexity index is 552. The maximum atomic E-state index is 12.5. The number of nitrogens with one attached hydrogen (secondary N) is 1. The molecule has 0 spiro atoms. The van der Waals surface area contributed by atoms with Crippen molar-refractivity contribution >= 4 is 11.7 Å². The molecule has 3 rings (SSSR count). The first kappa shape index (κ1) is 16.2. The van der Waals surface area contributed by atoms with E-state index in [0.29, 0.717) is 18.4 Å². The van der Waals surface area contributed by atoms with Crippen LogP contribution in [0.15, 0.2) is 6.20 Å². The highest BCUT2D eigenvalue weighted by Gasteiger charge is 2.34. The van der Waals surface area contributed by atoms with Gasteiger partial charge in [-0.15, -0.1) is 0 Å². The van der Waals surface area contributed by atoms with Crippen LogP contribution in [0, 0.1) is 6.92 Å². The van der Waals surface area contributed by atoms with Gasteiger partial charge < -0.3 is 10.2 Å². The Morgan fingerprint density at radius 2 is 2.00 bits per heavy atom. The maximum absolute atomic E-state index is 12.5. The van der Waals surface area contributed by atoms with E-state index in [1.165, 1.54) is 38.5 Å². The van der Waals surface area contributed by atoms with Crippen LogP contribution in [0.4, 0.5) is 5.82 Å². The Kier molecular flexibility index (Phi) is 5.13. The number of carbonyl (C=O) groups is 1. The van der Waals surface area contributed by atoms with Crippen molar-refractivity contribution in [2.24, 2.45) is 0 Å². The quantitative estimate of drug-likeness (QED) is 0.867. The van der Waals surface area contributed by atoms with Crippen molar-refractivity contribution in [3.63, 3.8) is 0 Å². The van der Waals surface area contributed by atoms with Gasteiger partial charge >= 0.3 is 0 Å². The van der Waals surface area contributed by atoms with Crippen LogP contribution < -0.4 is 5.32 Å². The molecular weight excluding hydrogens is 288 g/mol. The van der Waals surface area contributed by atoms with E-state index >= 15 is 0 Å². The number of rotatable bonds is 4. The van der Waals surface area contributed by atoms with Gasteiger partial charge in [-0.1, -0.05) is 32.6 Å². The molecule has 0 aromatic carbocycles. The monoisotopic (exact) mass is 316 g/mol. The molecule has 5 heteroatoms. The lowest BCUT2D eigenvalue weighted by molar-refractivity contribution is -0.129. The Labute approximate surface area is 138 Å². The summed E-state index contributed by atoms with van der Waals surface area (Å²) < 4.78 is 0. The van der Waals surface area contributed by atoms with Crippen molar-refractivity contribution < 1.29 is 4.79 Å². The van der Waals surface area contributed by atoms with Crippen LogP contribution >= 0.6 is 0 Å². The summed E-state index contributed by atoms with van der Waals surface area (Å²) in [6, 6.07) is 0.625. The minimum absolute atomic E-state index is 0.172. The Balaban J connectivity index is 1.66. The van der Waals surface area contributed by atoms with E-state index in [4.69, 9.17) is 0 Å². The van der Waals surface area contributed by atoms with Crippen molar-refractivity contribution in [2.45, 2.75) is 77.3 Å². The highest BCUT2D eigenvalue weighted by molar-refractivity contribution is 5.80. The normalized spacial score (nSPS) is 23.1. The second kappa shape index (κ2) is 7.28. The third-order valence-electron chi connectivity index (χ3n) is 5.13. The molecule has 0 bridgehead atoms. The number of aryl methyl sites for hydroxylation is 2. The first-order chi connectivity index (χ1) is 11.2. The van der Waals surface area contributed by atoms with Crippen molar-refractivity contribution in [2.75, 3.05) is 11.9 Å². The van der Waals surface area contributed by atoms with Crippen molar-refractivity contribution in [3.8, 4) is 0 Å². The van der Waals surface area contributed by atoms with E-state index < -0.39 is 0 Å². The molecule has 1 aliphatic carbocycles. The molecule has 1 saturated carbocycles. The minimum atomic E-state index is 0.172. The smallest absolute Gasteiger partial charge is 0.225 e. The van der Waals surface area contributed by atoms with Crippen molar-refractivity contribution in [1.82, 2.24) is 14.9 Å². The summed E-state index contributed by atoms with van der Waals surface area (Å²) in [5.74, 6) is 1.98. The molecule has 1 N–H and O–H groups in total. The lowest BCUT2D eigenvalue weighted by Crippen LogP contribution is -2.37. The van der Waals surface area contributed by atoms with Gasteiger partial charge in [-0.05, 0) is 26.2 Å². The second-order valence-corrected chi connectivity index (χ2v) is 6.88. The summed E-state index contributed by atoms with van der Waals surface area (Å²) in [5, 5.41) is 3.50. The zero-order chi connectivity index (χ0) is 16.2. The van der Waals surface area contributed by atoms with Crippen LogP contribution in [0.5, 0.6) is 0 Å². The van der Waals surface area contributed by atoms with Crippen LogP contribution in [0.1, 0.15) is 63.3 Å². The molecule has 23 heavy (non-hydrogen) atoms. The molecule has 1 saturated heterocycles. The second-order valence-electron chi connectivity index (χ2n) is 6.88. The van der Waals surface area contributed by atoms with Gasteiger partial charge in [-0.25, -0.2) is 9.97 Å². The lowest BCUT2D eigenvalue weighted by Gasteiger charge is -2.27. The van der Waals surface area contributed by atoms with E-state index in [1.807, 2.05) is 13.1 Å². The SMILES string of the molecule is CCc1cnc(C)nc1N[C@@H]1CC(=O)N(C2CCCCCC2)C1. The summed E-state index contributed by atoms with van der Waals surface area (Å²) in [5.41, 5.74) is 1.12. The molecule has 1 aromatic heterocycles. The van der Waals surface area contributed by atoms with Gasteiger partial charge in [0, 0.05) is 30.8 Å². The van der Waals surface area contributed by atoms with Gasteiger partial charge in [0.1, 0.15) is 11.6 Å². The summed E-state index contributed by atoms with van der Waals surface area (Å²) in [6.07, 6.45) is 10.9. The summed E-state index contributed by atoms with van der Waals surface area (Å²) in [7, 11) is 0. The molecule has 5 nitrogen and oxygen atoms in total. The Hall–Kier alpha value is -1.65. The number of anilines is 1. The number of nitrogens with zero attached hydrogens (tertiary/aromatic N) is 3. The third kappa shape index (κ3) is 3.82. The molecule has 0 radical (unpaired) electrons. The molecule has 1 aromatic rings. The number of carbonyl (C=O) groups excluding carboxylic acids is 1. The molecule has 2 aliphatic rings. The summed E-state index contributed by atoms with van der Waals surface area (Å²) >= 11 is 0. The number of amides is 1.